The molecule has 0 unspecified atom stereocenters. The van der Waals surface area contributed by atoms with E-state index < -0.39 is 17.6 Å². The zero-order chi connectivity index (χ0) is 23.1. The Bertz CT molecular complexity index is 958. The first-order valence-corrected chi connectivity index (χ1v) is 10.7. The lowest BCUT2D eigenvalue weighted by molar-refractivity contribution is -0.137. The summed E-state index contributed by atoms with van der Waals surface area (Å²) in [4.78, 5) is 28.2. The number of nitrogens with one attached hydrogen (secondary N) is 1. The molecule has 1 aromatic heterocycles. The number of allylic oxidation sites excluding steroid dienone is 1. The average Bonchev–Trinajstić information content (AvgIpc) is 3.19. The highest BCUT2D eigenvalue weighted by Crippen LogP contribution is 2.34. The van der Waals surface area contributed by atoms with Gasteiger partial charge < -0.3 is 10.2 Å². The lowest BCUT2D eigenvalue weighted by Gasteiger charge is -2.34. The predicted molar refractivity (Wildman–Crippen MR) is 112 cm³/mol. The second kappa shape index (κ2) is 10.6. The summed E-state index contributed by atoms with van der Waals surface area (Å²) in [6, 6.07) is 4.85. The Morgan fingerprint density at radius 3 is 2.59 bits per heavy atom. The van der Waals surface area contributed by atoms with E-state index in [4.69, 9.17) is 0 Å². The molecule has 9 nitrogen and oxygen atoms in total. The van der Waals surface area contributed by atoms with Crippen LogP contribution in [0, 0.1) is 0 Å². The molecule has 3 rings (SSSR count). The third-order valence-corrected chi connectivity index (χ3v) is 5.67. The van der Waals surface area contributed by atoms with E-state index in [2.05, 4.69) is 27.4 Å². The number of para-hydroxylation sites is 1. The molecular weight excluding hydrogens is 447 g/mol. The number of hydrogen-bond donors (Lipinski definition) is 1. The van der Waals surface area contributed by atoms with E-state index in [0.29, 0.717) is 37.9 Å². The number of halogens is 3. The van der Waals surface area contributed by atoms with Crippen molar-refractivity contribution in [2.45, 2.75) is 17.9 Å². The Balaban J connectivity index is 1.45. The number of anilines is 1. The van der Waals surface area contributed by atoms with Crippen LogP contribution >= 0.6 is 11.8 Å². The molecule has 32 heavy (non-hydrogen) atoms. The maximum Gasteiger partial charge on any atom is 0.418 e. The van der Waals surface area contributed by atoms with Gasteiger partial charge in [-0.15, -0.1) is 11.7 Å². The van der Waals surface area contributed by atoms with E-state index in [1.807, 2.05) is 0 Å². The van der Waals surface area contributed by atoms with Crippen LogP contribution < -0.4 is 5.32 Å². The van der Waals surface area contributed by atoms with Gasteiger partial charge in [-0.1, -0.05) is 30.0 Å². The van der Waals surface area contributed by atoms with Crippen molar-refractivity contribution >= 4 is 29.3 Å². The minimum atomic E-state index is -4.55. The van der Waals surface area contributed by atoms with Crippen molar-refractivity contribution in [2.75, 3.05) is 43.8 Å². The van der Waals surface area contributed by atoms with Crippen molar-refractivity contribution in [3.8, 4) is 0 Å². The Kier molecular flexibility index (Phi) is 7.85. The SMILES string of the molecule is C=CCn1nnnc1SCC(=O)N1CCN(CC(=O)Nc2ccccc2C(F)(F)F)CC1. The minimum Gasteiger partial charge on any atom is -0.339 e. The molecule has 1 aromatic carbocycles. The van der Waals surface area contributed by atoms with Gasteiger partial charge in [0.1, 0.15) is 0 Å². The molecule has 172 valence electrons. The molecule has 0 saturated carbocycles. The number of thioether (sulfide) groups is 1. The number of amides is 2. The number of hydrogen-bond acceptors (Lipinski definition) is 7. The first-order valence-electron chi connectivity index (χ1n) is 9.74. The monoisotopic (exact) mass is 469 g/mol. The molecule has 1 N–H and O–H groups in total. The Morgan fingerprint density at radius 2 is 1.91 bits per heavy atom. The fourth-order valence-electron chi connectivity index (χ4n) is 3.14. The maximum absolute atomic E-state index is 13.1. The van der Waals surface area contributed by atoms with Gasteiger partial charge in [-0.05, 0) is 22.6 Å². The van der Waals surface area contributed by atoms with Crippen molar-refractivity contribution in [2.24, 2.45) is 0 Å². The van der Waals surface area contributed by atoms with Crippen LogP contribution in [0.1, 0.15) is 5.56 Å². The summed E-state index contributed by atoms with van der Waals surface area (Å²) < 4.78 is 40.8. The highest BCUT2D eigenvalue weighted by atomic mass is 32.2. The van der Waals surface area contributed by atoms with Crippen LogP contribution in [0.15, 0.2) is 42.1 Å². The molecule has 1 fully saturated rings. The number of alkyl halides is 3. The van der Waals surface area contributed by atoms with Gasteiger partial charge in [-0.25, -0.2) is 4.68 Å². The van der Waals surface area contributed by atoms with E-state index in [-0.39, 0.29) is 23.9 Å². The van der Waals surface area contributed by atoms with Gasteiger partial charge in [0.15, 0.2) is 0 Å². The highest BCUT2D eigenvalue weighted by molar-refractivity contribution is 7.99. The van der Waals surface area contributed by atoms with Crippen LogP contribution in [0.3, 0.4) is 0 Å². The second-order valence-corrected chi connectivity index (χ2v) is 7.91. The van der Waals surface area contributed by atoms with Crippen molar-refractivity contribution in [3.63, 3.8) is 0 Å². The fraction of sp³-hybridized carbons (Fsp3) is 0.421. The number of rotatable bonds is 8. The lowest BCUT2D eigenvalue weighted by atomic mass is 10.1. The van der Waals surface area contributed by atoms with E-state index in [0.717, 1.165) is 6.07 Å². The van der Waals surface area contributed by atoms with E-state index in [9.17, 15) is 22.8 Å². The quantitative estimate of drug-likeness (QED) is 0.465. The first-order chi connectivity index (χ1) is 15.3. The summed E-state index contributed by atoms with van der Waals surface area (Å²) in [5.74, 6) is -0.441. The molecule has 0 spiro atoms. The minimum absolute atomic E-state index is 0.0563. The molecule has 0 aliphatic carbocycles. The van der Waals surface area contributed by atoms with Gasteiger partial charge in [0.2, 0.25) is 17.0 Å². The second-order valence-electron chi connectivity index (χ2n) is 6.97. The molecule has 1 aliphatic heterocycles. The molecule has 0 atom stereocenters. The maximum atomic E-state index is 13.1. The Morgan fingerprint density at radius 1 is 1.19 bits per heavy atom. The zero-order valence-electron chi connectivity index (χ0n) is 17.1. The molecule has 2 heterocycles. The summed E-state index contributed by atoms with van der Waals surface area (Å²) in [6.45, 7) is 5.74. The van der Waals surface area contributed by atoms with Crippen LogP contribution in [-0.4, -0.2) is 80.3 Å². The van der Waals surface area contributed by atoms with E-state index in [1.165, 1.54) is 30.0 Å². The molecule has 0 radical (unpaired) electrons. The molecule has 2 amide bonds. The van der Waals surface area contributed by atoms with Crippen LogP contribution in [0.5, 0.6) is 0 Å². The molecule has 2 aromatic rings. The molecule has 1 aliphatic rings. The zero-order valence-corrected chi connectivity index (χ0v) is 17.9. The normalized spacial score (nSPS) is 14.9. The van der Waals surface area contributed by atoms with Gasteiger partial charge in [0, 0.05) is 26.2 Å². The average molecular weight is 469 g/mol. The molecular formula is C19H22F3N7O2S. The molecule has 0 bridgehead atoms. The van der Waals surface area contributed by atoms with Crippen LogP contribution in [0.25, 0.3) is 0 Å². The number of carbonyl (C=O) groups excluding carboxylic acids is 2. The van der Waals surface area contributed by atoms with Gasteiger partial charge in [-0.2, -0.15) is 13.2 Å². The van der Waals surface area contributed by atoms with E-state index >= 15 is 0 Å². The number of tetrazole rings is 1. The van der Waals surface area contributed by atoms with E-state index in [1.54, 1.807) is 20.6 Å². The van der Waals surface area contributed by atoms with Crippen LogP contribution in [0.2, 0.25) is 0 Å². The molecule has 1 saturated heterocycles. The Hall–Kier alpha value is -2.93. The van der Waals surface area contributed by atoms with Crippen molar-refractivity contribution in [3.05, 3.63) is 42.5 Å². The topological polar surface area (TPSA) is 96.2 Å². The summed E-state index contributed by atoms with van der Waals surface area (Å²) >= 11 is 1.23. The van der Waals surface area contributed by atoms with Gasteiger partial charge >= 0.3 is 6.18 Å². The number of benzene rings is 1. The first kappa shape index (κ1) is 23.7. The van der Waals surface area contributed by atoms with Crippen molar-refractivity contribution in [1.82, 2.24) is 30.0 Å². The number of piperazine rings is 1. The van der Waals surface area contributed by atoms with Crippen LogP contribution in [0.4, 0.5) is 18.9 Å². The number of nitrogens with zero attached hydrogens (tertiary/aromatic N) is 6. The van der Waals surface area contributed by atoms with Gasteiger partial charge in [0.25, 0.3) is 0 Å². The fourth-order valence-corrected chi connectivity index (χ4v) is 3.93. The standard InChI is InChI=1S/C19H22F3N7O2S/c1-2-7-29-18(24-25-26-29)32-13-17(31)28-10-8-27(9-11-28)12-16(30)23-15-6-4-3-5-14(15)19(20,21)22/h2-6H,1,7-13H2,(H,23,30). The van der Waals surface area contributed by atoms with Crippen LogP contribution in [-0.2, 0) is 22.3 Å². The highest BCUT2D eigenvalue weighted by Gasteiger charge is 2.33. The van der Waals surface area contributed by atoms with Crippen molar-refractivity contribution < 1.29 is 22.8 Å². The number of aromatic nitrogens is 4. The predicted octanol–water partition coefficient (Wildman–Crippen LogP) is 1.75. The third-order valence-electron chi connectivity index (χ3n) is 4.72. The Labute approximate surface area is 186 Å². The summed E-state index contributed by atoms with van der Waals surface area (Å²) in [5, 5.41) is 14.1. The lowest BCUT2D eigenvalue weighted by Crippen LogP contribution is -2.51. The summed E-state index contributed by atoms with van der Waals surface area (Å²) in [6.07, 6.45) is -2.90. The third kappa shape index (κ3) is 6.29. The van der Waals surface area contributed by atoms with Gasteiger partial charge in [0.05, 0.1) is 30.1 Å². The smallest absolute Gasteiger partial charge is 0.339 e. The van der Waals surface area contributed by atoms with Crippen molar-refractivity contribution in [1.29, 1.82) is 0 Å². The number of carbonyl (C=O) groups is 2. The summed E-state index contributed by atoms with van der Waals surface area (Å²) in [5.41, 5.74) is -1.16. The largest absolute Gasteiger partial charge is 0.418 e. The molecule has 13 heteroatoms. The van der Waals surface area contributed by atoms with Gasteiger partial charge in [-0.3, -0.25) is 14.5 Å². The summed E-state index contributed by atoms with van der Waals surface area (Å²) in [7, 11) is 0.